The van der Waals surface area contributed by atoms with Crippen molar-refractivity contribution in [1.82, 2.24) is 5.32 Å². The molecule has 0 aliphatic carbocycles. The fraction of sp³-hybridized carbons (Fsp3) is 0.333. The van der Waals surface area contributed by atoms with Gasteiger partial charge in [-0.1, -0.05) is 24.3 Å². The molecule has 0 aliphatic rings. The van der Waals surface area contributed by atoms with Crippen LogP contribution in [0.2, 0.25) is 0 Å². The average Bonchev–Trinajstić information content (AvgIpc) is 2.47. The number of benzene rings is 1. The SMILES string of the molecule is C=C[C@@](CCCCN)(NC(=O)c1ccccc1)C(=O)O. The largest absolute Gasteiger partial charge is 0.479 e. The van der Waals surface area contributed by atoms with Crippen LogP contribution in [0.1, 0.15) is 29.6 Å². The van der Waals surface area contributed by atoms with Gasteiger partial charge in [-0.2, -0.15) is 0 Å². The molecular weight excluding hydrogens is 256 g/mol. The minimum Gasteiger partial charge on any atom is -0.479 e. The van der Waals surface area contributed by atoms with Gasteiger partial charge in [0.1, 0.15) is 0 Å². The Morgan fingerprint density at radius 1 is 1.30 bits per heavy atom. The zero-order valence-corrected chi connectivity index (χ0v) is 11.3. The number of carboxylic acids is 1. The second-order valence-electron chi connectivity index (χ2n) is 4.55. The summed E-state index contributed by atoms with van der Waals surface area (Å²) in [7, 11) is 0. The smallest absolute Gasteiger partial charge is 0.333 e. The summed E-state index contributed by atoms with van der Waals surface area (Å²) in [6, 6.07) is 8.49. The van der Waals surface area contributed by atoms with Crippen LogP contribution < -0.4 is 11.1 Å². The Kier molecular flexibility index (Phi) is 5.93. The minimum atomic E-state index is -1.46. The lowest BCUT2D eigenvalue weighted by Crippen LogP contribution is -2.53. The summed E-state index contributed by atoms with van der Waals surface area (Å²) in [5, 5.41) is 12.0. The Labute approximate surface area is 118 Å². The lowest BCUT2D eigenvalue weighted by atomic mass is 9.92. The van der Waals surface area contributed by atoms with Crippen molar-refractivity contribution in [1.29, 1.82) is 0 Å². The van der Waals surface area contributed by atoms with Gasteiger partial charge in [-0.25, -0.2) is 4.79 Å². The third kappa shape index (κ3) is 3.93. The Morgan fingerprint density at radius 2 is 1.95 bits per heavy atom. The average molecular weight is 276 g/mol. The highest BCUT2D eigenvalue weighted by Crippen LogP contribution is 2.17. The van der Waals surface area contributed by atoms with Crippen LogP contribution in [-0.2, 0) is 4.79 Å². The van der Waals surface area contributed by atoms with Crippen molar-refractivity contribution in [3.05, 3.63) is 48.6 Å². The molecule has 0 bridgehead atoms. The summed E-state index contributed by atoms with van der Waals surface area (Å²) in [6.45, 7) is 4.04. The molecule has 0 saturated carbocycles. The first kappa shape index (κ1) is 15.9. The van der Waals surface area contributed by atoms with Crippen molar-refractivity contribution < 1.29 is 14.7 Å². The van der Waals surface area contributed by atoms with Crippen molar-refractivity contribution >= 4 is 11.9 Å². The topological polar surface area (TPSA) is 92.4 Å². The van der Waals surface area contributed by atoms with Crippen LogP contribution in [0.4, 0.5) is 0 Å². The normalized spacial score (nSPS) is 13.2. The van der Waals surface area contributed by atoms with Gasteiger partial charge in [0.15, 0.2) is 5.54 Å². The summed E-state index contributed by atoms with van der Waals surface area (Å²) >= 11 is 0. The summed E-state index contributed by atoms with van der Waals surface area (Å²) in [4.78, 5) is 23.6. The molecule has 1 aromatic carbocycles. The van der Waals surface area contributed by atoms with Gasteiger partial charge in [0.05, 0.1) is 0 Å². The number of amides is 1. The molecule has 5 heteroatoms. The van der Waals surface area contributed by atoms with Crippen molar-refractivity contribution in [2.45, 2.75) is 24.8 Å². The number of carbonyl (C=O) groups is 2. The zero-order chi connectivity index (χ0) is 15.0. The van der Waals surface area contributed by atoms with E-state index in [9.17, 15) is 14.7 Å². The van der Waals surface area contributed by atoms with Crippen LogP contribution >= 0.6 is 0 Å². The molecule has 1 aromatic rings. The highest BCUT2D eigenvalue weighted by Gasteiger charge is 2.36. The summed E-state index contributed by atoms with van der Waals surface area (Å²) in [5.41, 5.74) is 4.37. The fourth-order valence-corrected chi connectivity index (χ4v) is 1.88. The van der Waals surface area contributed by atoms with E-state index in [1.807, 2.05) is 0 Å². The van der Waals surface area contributed by atoms with Crippen LogP contribution in [0.25, 0.3) is 0 Å². The Hall–Kier alpha value is -2.14. The lowest BCUT2D eigenvalue weighted by Gasteiger charge is -2.27. The molecule has 20 heavy (non-hydrogen) atoms. The number of aliphatic carboxylic acids is 1. The molecule has 0 saturated heterocycles. The van der Waals surface area contributed by atoms with Crippen molar-refractivity contribution in [3.63, 3.8) is 0 Å². The third-order valence-electron chi connectivity index (χ3n) is 3.13. The molecule has 0 fully saturated rings. The first-order valence-electron chi connectivity index (χ1n) is 6.50. The molecule has 4 N–H and O–H groups in total. The first-order chi connectivity index (χ1) is 9.55. The molecule has 0 aliphatic heterocycles. The van der Waals surface area contributed by atoms with E-state index in [0.717, 1.165) is 0 Å². The summed E-state index contributed by atoms with van der Waals surface area (Å²) in [5.74, 6) is -1.55. The predicted octanol–water partition coefficient (Wildman–Crippen LogP) is 1.55. The Morgan fingerprint density at radius 3 is 2.45 bits per heavy atom. The van der Waals surface area contributed by atoms with E-state index >= 15 is 0 Å². The van der Waals surface area contributed by atoms with Crippen LogP contribution in [0, 0.1) is 0 Å². The molecular formula is C15H20N2O3. The molecule has 1 atom stereocenters. The van der Waals surface area contributed by atoms with Gasteiger partial charge < -0.3 is 16.2 Å². The first-order valence-corrected chi connectivity index (χ1v) is 6.50. The quantitative estimate of drug-likeness (QED) is 0.496. The maximum absolute atomic E-state index is 12.1. The van der Waals surface area contributed by atoms with Gasteiger partial charge in [-0.3, -0.25) is 4.79 Å². The Balaban J connectivity index is 2.86. The van der Waals surface area contributed by atoms with E-state index in [1.165, 1.54) is 6.08 Å². The van der Waals surface area contributed by atoms with Gasteiger partial charge >= 0.3 is 5.97 Å². The summed E-state index contributed by atoms with van der Waals surface area (Å²) < 4.78 is 0. The van der Waals surface area contributed by atoms with Gasteiger partial charge in [-0.05, 0) is 37.9 Å². The van der Waals surface area contributed by atoms with Gasteiger partial charge in [-0.15, -0.1) is 6.58 Å². The van der Waals surface area contributed by atoms with Gasteiger partial charge in [0, 0.05) is 5.56 Å². The molecule has 5 nitrogen and oxygen atoms in total. The Bertz CT molecular complexity index is 473. The zero-order valence-electron chi connectivity index (χ0n) is 11.3. The number of nitrogens with two attached hydrogens (primary N) is 1. The maximum atomic E-state index is 12.1. The van der Waals surface area contributed by atoms with Crippen molar-refractivity contribution in [3.8, 4) is 0 Å². The van der Waals surface area contributed by atoms with Crippen LogP contribution in [0.3, 0.4) is 0 Å². The number of hydrogen-bond donors (Lipinski definition) is 3. The highest BCUT2D eigenvalue weighted by atomic mass is 16.4. The van der Waals surface area contributed by atoms with Crippen LogP contribution in [0.5, 0.6) is 0 Å². The molecule has 0 spiro atoms. The molecule has 0 radical (unpaired) electrons. The number of carboxylic acid groups (broad SMARTS) is 1. The molecule has 0 unspecified atom stereocenters. The van der Waals surface area contributed by atoms with Gasteiger partial charge in [0.25, 0.3) is 5.91 Å². The number of rotatable bonds is 8. The van der Waals surface area contributed by atoms with E-state index in [-0.39, 0.29) is 6.42 Å². The molecule has 0 aromatic heterocycles. The standard InChI is InChI=1S/C15H20N2O3/c1-2-15(14(19)20,10-6-7-11-16)17-13(18)12-8-4-3-5-9-12/h2-5,8-9H,1,6-7,10-11,16H2,(H,17,18)(H,19,20)/t15-/m0/s1. The third-order valence-corrected chi connectivity index (χ3v) is 3.13. The minimum absolute atomic E-state index is 0.265. The predicted molar refractivity (Wildman–Crippen MR) is 77.4 cm³/mol. The van der Waals surface area contributed by atoms with Crippen molar-refractivity contribution in [2.75, 3.05) is 6.54 Å². The molecule has 0 heterocycles. The van der Waals surface area contributed by atoms with E-state index in [0.29, 0.717) is 24.9 Å². The monoisotopic (exact) mass is 276 g/mol. The fourth-order valence-electron chi connectivity index (χ4n) is 1.88. The van der Waals surface area contributed by atoms with Crippen LogP contribution in [-0.4, -0.2) is 29.1 Å². The van der Waals surface area contributed by atoms with E-state index < -0.39 is 17.4 Å². The summed E-state index contributed by atoms with van der Waals surface area (Å²) in [6.07, 6.45) is 2.84. The number of hydrogen-bond acceptors (Lipinski definition) is 3. The number of nitrogens with one attached hydrogen (secondary N) is 1. The van der Waals surface area contributed by atoms with E-state index in [4.69, 9.17) is 5.73 Å². The van der Waals surface area contributed by atoms with E-state index in [1.54, 1.807) is 30.3 Å². The van der Waals surface area contributed by atoms with Crippen molar-refractivity contribution in [2.24, 2.45) is 5.73 Å². The molecule has 1 amide bonds. The van der Waals surface area contributed by atoms with Gasteiger partial charge in [0.2, 0.25) is 0 Å². The maximum Gasteiger partial charge on any atom is 0.333 e. The second kappa shape index (κ2) is 7.45. The van der Waals surface area contributed by atoms with Crippen LogP contribution in [0.15, 0.2) is 43.0 Å². The molecule has 1 rings (SSSR count). The number of carbonyl (C=O) groups excluding carboxylic acids is 1. The van der Waals surface area contributed by atoms with E-state index in [2.05, 4.69) is 11.9 Å². The lowest BCUT2D eigenvalue weighted by molar-refractivity contribution is -0.142. The highest BCUT2D eigenvalue weighted by molar-refractivity contribution is 5.98. The number of unbranched alkanes of at least 4 members (excludes halogenated alkanes) is 1. The molecule has 108 valence electrons. The second-order valence-corrected chi connectivity index (χ2v) is 4.55.